The van der Waals surface area contributed by atoms with E-state index in [9.17, 15) is 0 Å². The summed E-state index contributed by atoms with van der Waals surface area (Å²) in [6.45, 7) is 8.13. The van der Waals surface area contributed by atoms with E-state index < -0.39 is 0 Å². The van der Waals surface area contributed by atoms with Gasteiger partial charge in [-0.3, -0.25) is 0 Å². The third-order valence-electron chi connectivity index (χ3n) is 3.93. The largest absolute Gasteiger partial charge is 0.380 e. The lowest BCUT2D eigenvalue weighted by Crippen LogP contribution is -2.23. The van der Waals surface area contributed by atoms with Crippen LogP contribution in [0.1, 0.15) is 30.2 Å². The van der Waals surface area contributed by atoms with Crippen molar-refractivity contribution in [2.45, 2.75) is 33.2 Å². The van der Waals surface area contributed by atoms with E-state index in [2.05, 4.69) is 42.8 Å². The third-order valence-corrected chi connectivity index (χ3v) is 4.95. The Morgan fingerprint density at radius 3 is 2.95 bits per heavy atom. The lowest BCUT2D eigenvalue weighted by molar-refractivity contribution is 0.0807. The molecule has 0 aromatic carbocycles. The van der Waals surface area contributed by atoms with Crippen LogP contribution < -0.4 is 5.32 Å². The Morgan fingerprint density at radius 2 is 2.21 bits per heavy atom. The number of aryl methyl sites for hydroxylation is 1. The maximum absolute atomic E-state index is 5.80. The molecule has 0 amide bonds. The molecule has 0 bridgehead atoms. The van der Waals surface area contributed by atoms with Crippen LogP contribution in [0.4, 0.5) is 0 Å². The van der Waals surface area contributed by atoms with Crippen molar-refractivity contribution in [3.63, 3.8) is 0 Å². The molecule has 2 atom stereocenters. The molecule has 106 valence electrons. The summed E-state index contributed by atoms with van der Waals surface area (Å²) in [5.41, 5.74) is 1.39. The van der Waals surface area contributed by atoms with E-state index in [0.717, 1.165) is 32.2 Å². The molecule has 0 fully saturated rings. The minimum Gasteiger partial charge on any atom is -0.380 e. The summed E-state index contributed by atoms with van der Waals surface area (Å²) in [5, 5.41) is 5.60. The predicted octanol–water partition coefficient (Wildman–Crippen LogP) is 3.77. The van der Waals surface area contributed by atoms with Crippen LogP contribution in [0.25, 0.3) is 0 Å². The molecule has 19 heavy (non-hydrogen) atoms. The van der Waals surface area contributed by atoms with Gasteiger partial charge in [-0.15, -0.1) is 11.3 Å². The van der Waals surface area contributed by atoms with Crippen molar-refractivity contribution in [1.29, 1.82) is 0 Å². The number of nitrogens with one attached hydrogen (secondary N) is 1. The van der Waals surface area contributed by atoms with Crippen molar-refractivity contribution in [1.82, 2.24) is 5.32 Å². The molecule has 0 saturated heterocycles. The maximum atomic E-state index is 5.80. The van der Waals surface area contributed by atoms with Crippen LogP contribution in [0.15, 0.2) is 23.6 Å². The van der Waals surface area contributed by atoms with Crippen LogP contribution in [0.5, 0.6) is 0 Å². The molecule has 0 spiro atoms. The topological polar surface area (TPSA) is 21.3 Å². The Balaban J connectivity index is 1.53. The zero-order valence-corrected chi connectivity index (χ0v) is 12.8. The Labute approximate surface area is 120 Å². The van der Waals surface area contributed by atoms with Gasteiger partial charge in [0, 0.05) is 18.0 Å². The standard InChI is InChI=1S/C16H25NOS/c1-13-5-3-4-6-15(13)12-18-9-8-17-11-16-14(2)7-10-19-16/h3-4,7,10,13,15,17H,5-6,8-9,11-12H2,1-2H3. The lowest BCUT2D eigenvalue weighted by atomic mass is 9.85. The molecule has 1 N–H and O–H groups in total. The second-order valence-electron chi connectivity index (χ2n) is 5.46. The van der Waals surface area contributed by atoms with Crippen LogP contribution in [0.3, 0.4) is 0 Å². The number of hydrogen-bond acceptors (Lipinski definition) is 3. The molecule has 1 aliphatic rings. The van der Waals surface area contributed by atoms with Gasteiger partial charge in [-0.25, -0.2) is 0 Å². The van der Waals surface area contributed by atoms with Crippen molar-refractivity contribution in [3.8, 4) is 0 Å². The minimum absolute atomic E-state index is 0.713. The molecule has 2 rings (SSSR count). The van der Waals surface area contributed by atoms with Gasteiger partial charge in [-0.1, -0.05) is 19.1 Å². The molecule has 2 unspecified atom stereocenters. The summed E-state index contributed by atoms with van der Waals surface area (Å²) in [4.78, 5) is 1.44. The summed E-state index contributed by atoms with van der Waals surface area (Å²) in [7, 11) is 0. The molecule has 1 aromatic rings. The number of rotatable bonds is 7. The van der Waals surface area contributed by atoms with Gasteiger partial charge < -0.3 is 10.1 Å². The van der Waals surface area contributed by atoms with Crippen LogP contribution in [0, 0.1) is 18.8 Å². The Kier molecular flexibility index (Phi) is 6.08. The first kappa shape index (κ1) is 14.8. The zero-order chi connectivity index (χ0) is 13.5. The molecular weight excluding hydrogens is 254 g/mol. The first-order valence-corrected chi connectivity index (χ1v) is 8.11. The first-order valence-electron chi connectivity index (χ1n) is 7.24. The van der Waals surface area contributed by atoms with Crippen molar-refractivity contribution >= 4 is 11.3 Å². The van der Waals surface area contributed by atoms with Gasteiger partial charge in [0.05, 0.1) is 13.2 Å². The van der Waals surface area contributed by atoms with Gasteiger partial charge >= 0.3 is 0 Å². The third kappa shape index (κ3) is 4.75. The highest BCUT2D eigenvalue weighted by atomic mass is 32.1. The van der Waals surface area contributed by atoms with Gasteiger partial charge in [0.15, 0.2) is 0 Å². The normalized spacial score (nSPS) is 22.8. The van der Waals surface area contributed by atoms with Gasteiger partial charge in [0.2, 0.25) is 0 Å². The molecule has 1 heterocycles. The predicted molar refractivity (Wildman–Crippen MR) is 82.6 cm³/mol. The van der Waals surface area contributed by atoms with E-state index in [1.807, 2.05) is 11.3 Å². The average molecular weight is 279 g/mol. The summed E-state index contributed by atoms with van der Waals surface area (Å²) in [5.74, 6) is 1.48. The minimum atomic E-state index is 0.713. The molecule has 1 aliphatic carbocycles. The van der Waals surface area contributed by atoms with E-state index in [1.54, 1.807) is 0 Å². The quantitative estimate of drug-likeness (QED) is 0.606. The van der Waals surface area contributed by atoms with E-state index >= 15 is 0 Å². The van der Waals surface area contributed by atoms with Crippen molar-refractivity contribution in [2.75, 3.05) is 19.8 Å². The fraction of sp³-hybridized carbons (Fsp3) is 0.625. The van der Waals surface area contributed by atoms with E-state index in [-0.39, 0.29) is 0 Å². The SMILES string of the molecule is Cc1ccsc1CNCCOCC1CC=CCC1C. The first-order chi connectivity index (χ1) is 9.27. The molecule has 2 nitrogen and oxygen atoms in total. The fourth-order valence-electron chi connectivity index (χ4n) is 2.41. The fourth-order valence-corrected chi connectivity index (χ4v) is 3.28. The molecule has 0 radical (unpaired) electrons. The summed E-state index contributed by atoms with van der Waals surface area (Å²) >= 11 is 1.83. The van der Waals surface area contributed by atoms with Crippen molar-refractivity contribution in [3.05, 3.63) is 34.0 Å². The second-order valence-corrected chi connectivity index (χ2v) is 6.46. The van der Waals surface area contributed by atoms with Gasteiger partial charge in [0.25, 0.3) is 0 Å². The van der Waals surface area contributed by atoms with Crippen LogP contribution >= 0.6 is 11.3 Å². The van der Waals surface area contributed by atoms with E-state index in [0.29, 0.717) is 5.92 Å². The van der Waals surface area contributed by atoms with Crippen LogP contribution in [-0.4, -0.2) is 19.8 Å². The highest BCUT2D eigenvalue weighted by molar-refractivity contribution is 7.10. The summed E-state index contributed by atoms with van der Waals surface area (Å²) in [6.07, 6.45) is 6.99. The molecule has 3 heteroatoms. The molecule has 0 saturated carbocycles. The monoisotopic (exact) mass is 279 g/mol. The van der Waals surface area contributed by atoms with Crippen molar-refractivity contribution < 1.29 is 4.74 Å². The average Bonchev–Trinajstić information content (AvgIpc) is 2.81. The molecular formula is C16H25NOS. The molecule has 0 aliphatic heterocycles. The highest BCUT2D eigenvalue weighted by Crippen LogP contribution is 2.24. The zero-order valence-electron chi connectivity index (χ0n) is 12.0. The van der Waals surface area contributed by atoms with Crippen LogP contribution in [-0.2, 0) is 11.3 Å². The van der Waals surface area contributed by atoms with E-state index in [4.69, 9.17) is 4.74 Å². The van der Waals surface area contributed by atoms with E-state index in [1.165, 1.54) is 23.3 Å². The number of hydrogen-bond donors (Lipinski definition) is 1. The highest BCUT2D eigenvalue weighted by Gasteiger charge is 2.17. The number of allylic oxidation sites excluding steroid dienone is 2. The van der Waals surface area contributed by atoms with Crippen LogP contribution in [0.2, 0.25) is 0 Å². The van der Waals surface area contributed by atoms with Gasteiger partial charge in [0.1, 0.15) is 0 Å². The maximum Gasteiger partial charge on any atom is 0.0591 e. The molecule has 1 aromatic heterocycles. The Hall–Kier alpha value is -0.640. The summed E-state index contributed by atoms with van der Waals surface area (Å²) < 4.78 is 5.80. The van der Waals surface area contributed by atoms with Gasteiger partial charge in [-0.2, -0.15) is 0 Å². The Bertz CT molecular complexity index is 399. The lowest BCUT2D eigenvalue weighted by Gasteiger charge is -2.24. The Morgan fingerprint density at radius 1 is 1.37 bits per heavy atom. The van der Waals surface area contributed by atoms with Crippen molar-refractivity contribution in [2.24, 2.45) is 11.8 Å². The number of ether oxygens (including phenoxy) is 1. The second kappa shape index (κ2) is 7.83. The summed E-state index contributed by atoms with van der Waals surface area (Å²) in [6, 6.07) is 2.18. The van der Waals surface area contributed by atoms with Gasteiger partial charge in [-0.05, 0) is 48.6 Å². The smallest absolute Gasteiger partial charge is 0.0591 e. The number of thiophene rings is 1.